The van der Waals surface area contributed by atoms with Crippen molar-refractivity contribution in [1.82, 2.24) is 16.1 Å². The number of amides is 2. The molecule has 0 spiro atoms. The van der Waals surface area contributed by atoms with Gasteiger partial charge in [0.25, 0.3) is 0 Å². The standard InChI is InChI=1S/C33H38N4O8/c1-5-42-27-16-23(12-14-25(27)44-19-22-10-8-7-9-11-22)18-34-37-29(38)20-45-26-15-13-24(17-28(26)43-6-2)31-30(32(39)41-4)21(3)35-33(40)36-31/h7-18,29,31,37-38H,5-6,19-20H2,1-4H3,(H2,35,36,40)/b34-18-/t29-,31+/m0/s1. The number of carbonyl (C=O) groups is 2. The van der Waals surface area contributed by atoms with E-state index in [9.17, 15) is 14.7 Å². The molecular weight excluding hydrogens is 580 g/mol. The number of hydrazone groups is 1. The minimum Gasteiger partial charge on any atom is -0.490 e. The van der Waals surface area contributed by atoms with Gasteiger partial charge in [-0.3, -0.25) is 5.43 Å². The van der Waals surface area contributed by atoms with Gasteiger partial charge in [0.2, 0.25) is 0 Å². The lowest BCUT2D eigenvalue weighted by atomic mass is 9.95. The predicted molar refractivity (Wildman–Crippen MR) is 167 cm³/mol. The molecule has 0 fully saturated rings. The third-order valence-electron chi connectivity index (χ3n) is 6.61. The van der Waals surface area contributed by atoms with Crippen LogP contribution in [0, 0.1) is 0 Å². The number of nitrogens with zero attached hydrogens (tertiary/aromatic N) is 1. The predicted octanol–water partition coefficient (Wildman–Crippen LogP) is 4.18. The number of esters is 1. The lowest BCUT2D eigenvalue weighted by Gasteiger charge is -2.28. The topological polar surface area (TPSA) is 149 Å². The van der Waals surface area contributed by atoms with Crippen molar-refractivity contribution in [3.63, 3.8) is 0 Å². The van der Waals surface area contributed by atoms with Gasteiger partial charge in [-0.15, -0.1) is 0 Å². The Kier molecular flexibility index (Phi) is 11.6. The number of rotatable bonds is 15. The molecule has 1 aliphatic heterocycles. The van der Waals surface area contributed by atoms with Gasteiger partial charge in [-0.1, -0.05) is 36.4 Å². The van der Waals surface area contributed by atoms with Crippen LogP contribution in [0.25, 0.3) is 0 Å². The van der Waals surface area contributed by atoms with Crippen molar-refractivity contribution in [2.75, 3.05) is 26.9 Å². The zero-order valence-electron chi connectivity index (χ0n) is 25.7. The number of ether oxygens (including phenoxy) is 5. The summed E-state index contributed by atoms with van der Waals surface area (Å²) in [6.45, 7) is 6.41. The van der Waals surface area contributed by atoms with Crippen LogP contribution in [0.2, 0.25) is 0 Å². The van der Waals surface area contributed by atoms with Crippen LogP contribution in [0.3, 0.4) is 0 Å². The Bertz CT molecular complexity index is 1530. The molecule has 2 atom stereocenters. The van der Waals surface area contributed by atoms with Crippen molar-refractivity contribution in [3.05, 3.63) is 94.7 Å². The number of benzene rings is 3. The van der Waals surface area contributed by atoms with Crippen LogP contribution in [0.5, 0.6) is 23.0 Å². The van der Waals surface area contributed by atoms with Gasteiger partial charge in [0.15, 0.2) is 29.2 Å². The van der Waals surface area contributed by atoms with Crippen molar-refractivity contribution in [2.45, 2.75) is 39.6 Å². The van der Waals surface area contributed by atoms with Crippen molar-refractivity contribution in [1.29, 1.82) is 0 Å². The van der Waals surface area contributed by atoms with Crippen molar-refractivity contribution in [3.8, 4) is 23.0 Å². The summed E-state index contributed by atoms with van der Waals surface area (Å²) in [6.07, 6.45) is 0.407. The second-order valence-corrected chi connectivity index (χ2v) is 9.83. The lowest BCUT2D eigenvalue weighted by molar-refractivity contribution is -0.136. The Morgan fingerprint density at radius 1 is 0.956 bits per heavy atom. The quantitative estimate of drug-likeness (QED) is 0.0852. The van der Waals surface area contributed by atoms with Crippen LogP contribution in [-0.4, -0.2) is 56.5 Å². The fourth-order valence-corrected chi connectivity index (χ4v) is 4.55. The Labute approximate surface area is 262 Å². The maximum atomic E-state index is 12.5. The van der Waals surface area contributed by atoms with E-state index < -0.39 is 24.3 Å². The summed E-state index contributed by atoms with van der Waals surface area (Å²) < 4.78 is 28.2. The molecule has 4 rings (SSSR count). The Balaban J connectivity index is 1.37. The maximum Gasteiger partial charge on any atom is 0.337 e. The Morgan fingerprint density at radius 2 is 1.64 bits per heavy atom. The molecule has 45 heavy (non-hydrogen) atoms. The molecule has 12 nitrogen and oxygen atoms in total. The minimum atomic E-state index is -1.14. The zero-order valence-corrected chi connectivity index (χ0v) is 25.7. The van der Waals surface area contributed by atoms with Crippen LogP contribution < -0.4 is 35.0 Å². The van der Waals surface area contributed by atoms with Crippen molar-refractivity contribution in [2.24, 2.45) is 5.10 Å². The summed E-state index contributed by atoms with van der Waals surface area (Å²) in [6, 6.07) is 19.1. The number of allylic oxidation sites excluding steroid dienone is 1. The summed E-state index contributed by atoms with van der Waals surface area (Å²) >= 11 is 0. The van der Waals surface area contributed by atoms with Crippen LogP contribution in [0.4, 0.5) is 4.79 Å². The van der Waals surface area contributed by atoms with E-state index in [1.54, 1.807) is 37.4 Å². The summed E-state index contributed by atoms with van der Waals surface area (Å²) in [5.41, 5.74) is 5.68. The molecule has 238 valence electrons. The third-order valence-corrected chi connectivity index (χ3v) is 6.61. The SMILES string of the molecule is CCOc1cc(/C=N\N[C@@H](O)COc2ccc([C@H]3NC(=O)NC(C)=C3C(=O)OC)cc2OCC)ccc1OCc1ccccc1. The summed E-state index contributed by atoms with van der Waals surface area (Å²) in [5.74, 6) is 1.36. The van der Waals surface area contributed by atoms with Crippen LogP contribution in [0.15, 0.2) is 83.1 Å². The second kappa shape index (κ2) is 16.0. The van der Waals surface area contributed by atoms with E-state index in [0.29, 0.717) is 54.1 Å². The van der Waals surface area contributed by atoms with E-state index in [-0.39, 0.29) is 12.2 Å². The molecule has 0 bridgehead atoms. The van der Waals surface area contributed by atoms with E-state index in [1.807, 2.05) is 56.3 Å². The van der Waals surface area contributed by atoms with E-state index in [0.717, 1.165) is 11.1 Å². The fourth-order valence-electron chi connectivity index (χ4n) is 4.55. The Morgan fingerprint density at radius 3 is 2.36 bits per heavy atom. The van der Waals surface area contributed by atoms with Gasteiger partial charge in [-0.05, 0) is 67.8 Å². The molecule has 1 aliphatic rings. The largest absolute Gasteiger partial charge is 0.490 e. The van der Waals surface area contributed by atoms with E-state index >= 15 is 0 Å². The molecule has 2 amide bonds. The highest BCUT2D eigenvalue weighted by molar-refractivity contribution is 5.95. The van der Waals surface area contributed by atoms with Gasteiger partial charge in [0, 0.05) is 5.70 Å². The molecule has 0 unspecified atom stereocenters. The van der Waals surface area contributed by atoms with Crippen LogP contribution in [0.1, 0.15) is 43.5 Å². The van der Waals surface area contributed by atoms with Gasteiger partial charge in [-0.25, -0.2) is 9.59 Å². The molecule has 3 aromatic rings. The number of hydrogen-bond donors (Lipinski definition) is 4. The second-order valence-electron chi connectivity index (χ2n) is 9.83. The fraction of sp³-hybridized carbons (Fsp3) is 0.303. The average Bonchev–Trinajstić information content (AvgIpc) is 3.04. The van der Waals surface area contributed by atoms with Crippen LogP contribution >= 0.6 is 0 Å². The Hall–Kier alpha value is -5.23. The first-order valence-electron chi connectivity index (χ1n) is 14.5. The molecule has 0 aromatic heterocycles. The van der Waals surface area contributed by atoms with Crippen LogP contribution in [-0.2, 0) is 16.1 Å². The summed E-state index contributed by atoms with van der Waals surface area (Å²) in [4.78, 5) is 24.6. The average molecular weight is 619 g/mol. The number of methoxy groups -OCH3 is 1. The monoisotopic (exact) mass is 618 g/mol. The number of hydrogen-bond acceptors (Lipinski definition) is 10. The van der Waals surface area contributed by atoms with Gasteiger partial charge >= 0.3 is 12.0 Å². The molecular formula is C33H38N4O8. The number of carbonyl (C=O) groups excluding carboxylic acids is 2. The first kappa shape index (κ1) is 32.7. The van der Waals surface area contributed by atoms with Crippen molar-refractivity contribution < 1.29 is 38.4 Å². The number of nitrogens with one attached hydrogen (secondary N) is 3. The molecule has 0 aliphatic carbocycles. The van der Waals surface area contributed by atoms with Gasteiger partial charge < -0.3 is 39.4 Å². The summed E-state index contributed by atoms with van der Waals surface area (Å²) in [5, 5.41) is 19.9. The van der Waals surface area contributed by atoms with Crippen molar-refractivity contribution >= 4 is 18.2 Å². The molecule has 4 N–H and O–H groups in total. The van der Waals surface area contributed by atoms with E-state index in [1.165, 1.54) is 7.11 Å². The molecule has 12 heteroatoms. The number of aliphatic hydroxyl groups excluding tert-OH is 1. The molecule has 0 radical (unpaired) electrons. The summed E-state index contributed by atoms with van der Waals surface area (Å²) in [7, 11) is 1.28. The maximum absolute atomic E-state index is 12.5. The minimum absolute atomic E-state index is 0.149. The number of urea groups is 1. The van der Waals surface area contributed by atoms with E-state index in [4.69, 9.17) is 23.7 Å². The molecule has 1 heterocycles. The van der Waals surface area contributed by atoms with Gasteiger partial charge in [-0.2, -0.15) is 5.10 Å². The lowest BCUT2D eigenvalue weighted by Crippen LogP contribution is -2.45. The molecule has 0 saturated heterocycles. The smallest absolute Gasteiger partial charge is 0.337 e. The highest BCUT2D eigenvalue weighted by Gasteiger charge is 2.32. The zero-order chi connectivity index (χ0) is 32.2. The highest BCUT2D eigenvalue weighted by atomic mass is 16.5. The first-order chi connectivity index (χ1) is 21.8. The van der Waals surface area contributed by atoms with Gasteiger partial charge in [0.1, 0.15) is 13.2 Å². The highest BCUT2D eigenvalue weighted by Crippen LogP contribution is 2.35. The number of aliphatic hydroxyl groups is 1. The normalized spacial score (nSPS) is 15.1. The third kappa shape index (κ3) is 8.89. The molecule has 3 aromatic carbocycles. The van der Waals surface area contributed by atoms with E-state index in [2.05, 4.69) is 21.2 Å². The first-order valence-corrected chi connectivity index (χ1v) is 14.5. The molecule has 0 saturated carbocycles. The van der Waals surface area contributed by atoms with Gasteiger partial charge in [0.05, 0.1) is 38.2 Å².